The number of piperidine rings is 1. The predicted molar refractivity (Wildman–Crippen MR) is 105 cm³/mol. The van der Waals surface area contributed by atoms with Gasteiger partial charge in [-0.1, -0.05) is 6.07 Å². The molecule has 1 heterocycles. The second-order valence-electron chi connectivity index (χ2n) is 8.54. The van der Waals surface area contributed by atoms with Crippen LogP contribution in [0.5, 0.6) is 0 Å². The molecule has 0 aromatic heterocycles. The van der Waals surface area contributed by atoms with Crippen molar-refractivity contribution < 1.29 is 27.8 Å². The van der Waals surface area contributed by atoms with Crippen molar-refractivity contribution in [2.24, 2.45) is 5.41 Å². The van der Waals surface area contributed by atoms with Crippen LogP contribution < -0.4 is 0 Å². The first-order chi connectivity index (χ1) is 14.0. The molecule has 1 aliphatic rings. The summed E-state index contributed by atoms with van der Waals surface area (Å²) in [7, 11) is 0. The van der Waals surface area contributed by atoms with Gasteiger partial charge < -0.3 is 14.4 Å². The van der Waals surface area contributed by atoms with Gasteiger partial charge >= 0.3 is 12.1 Å². The van der Waals surface area contributed by atoms with Crippen molar-refractivity contribution in [1.82, 2.24) is 4.90 Å². The molecule has 1 aromatic rings. The monoisotopic (exact) mass is 422 g/mol. The number of rotatable bonds is 5. The minimum absolute atomic E-state index is 0.0360. The zero-order valence-electron chi connectivity index (χ0n) is 17.8. The maximum absolute atomic E-state index is 14.5. The van der Waals surface area contributed by atoms with Crippen LogP contribution in [0.3, 0.4) is 0 Å². The van der Waals surface area contributed by atoms with Gasteiger partial charge in [-0.3, -0.25) is 4.79 Å². The molecule has 1 atom stereocenters. The van der Waals surface area contributed by atoms with E-state index in [1.807, 2.05) is 0 Å². The molecule has 1 fully saturated rings. The normalized spacial score (nSPS) is 17.0. The molecular weight excluding hydrogens is 394 g/mol. The van der Waals surface area contributed by atoms with Crippen LogP contribution in [0, 0.1) is 28.4 Å². The van der Waals surface area contributed by atoms with Crippen molar-refractivity contribution in [2.75, 3.05) is 19.7 Å². The summed E-state index contributed by atoms with van der Waals surface area (Å²) in [6, 6.07) is 5.18. The molecule has 0 N–H and O–H groups in total. The highest BCUT2D eigenvalue weighted by Crippen LogP contribution is 2.48. The number of nitrogens with zero attached hydrogens (tertiary/aromatic N) is 2. The molecule has 6 nitrogen and oxygen atoms in total. The Morgan fingerprint density at radius 3 is 2.40 bits per heavy atom. The third-order valence-electron chi connectivity index (χ3n) is 5.23. The number of hydrogen-bond acceptors (Lipinski definition) is 5. The third kappa shape index (κ3) is 5.68. The summed E-state index contributed by atoms with van der Waals surface area (Å²) in [6.45, 7) is 7.65. The maximum Gasteiger partial charge on any atom is 0.410 e. The number of likely N-dealkylation sites (tertiary alicyclic amines) is 1. The highest BCUT2D eigenvalue weighted by Gasteiger charge is 2.46. The van der Waals surface area contributed by atoms with Gasteiger partial charge in [0.05, 0.1) is 25.0 Å². The van der Waals surface area contributed by atoms with E-state index in [1.165, 1.54) is 11.0 Å². The SMILES string of the molecule is CCOC(=O)CC1([C@@H](C#N)c2ccc(F)cc2F)CCN(C(=O)OC(C)(C)C)CC1. The Morgan fingerprint density at radius 2 is 1.90 bits per heavy atom. The molecule has 1 aromatic carbocycles. The quantitative estimate of drug-likeness (QED) is 0.651. The molecule has 8 heteroatoms. The lowest BCUT2D eigenvalue weighted by molar-refractivity contribution is -0.147. The van der Waals surface area contributed by atoms with Crippen LogP contribution in [0.4, 0.5) is 13.6 Å². The van der Waals surface area contributed by atoms with Gasteiger partial charge in [0.1, 0.15) is 17.2 Å². The van der Waals surface area contributed by atoms with E-state index in [-0.39, 0.29) is 44.5 Å². The molecule has 0 unspecified atom stereocenters. The molecule has 0 saturated carbocycles. The average molecular weight is 422 g/mol. The molecule has 2 rings (SSSR count). The molecule has 1 aliphatic heterocycles. The Morgan fingerprint density at radius 1 is 1.27 bits per heavy atom. The standard InChI is InChI=1S/C22H28F2N2O4/c1-5-29-19(27)13-22(17(14-25)16-7-6-15(23)12-18(16)24)8-10-26(11-9-22)20(28)30-21(2,3)4/h6-7,12,17H,5,8-11,13H2,1-4H3/t17-/m0/s1. The first kappa shape index (κ1) is 23.6. The van der Waals surface area contributed by atoms with Gasteiger partial charge in [-0.25, -0.2) is 13.6 Å². The topological polar surface area (TPSA) is 79.6 Å². The fourth-order valence-corrected chi connectivity index (χ4v) is 3.80. The number of carbonyl (C=O) groups excluding carboxylic acids is 2. The Hall–Kier alpha value is -2.69. The highest BCUT2D eigenvalue weighted by molar-refractivity contribution is 5.71. The number of hydrogen-bond donors (Lipinski definition) is 0. The van der Waals surface area contributed by atoms with Crippen molar-refractivity contribution in [1.29, 1.82) is 5.26 Å². The first-order valence-electron chi connectivity index (χ1n) is 9.99. The Bertz CT molecular complexity index is 821. The van der Waals surface area contributed by atoms with E-state index in [0.717, 1.165) is 12.1 Å². The summed E-state index contributed by atoms with van der Waals surface area (Å²) in [5.74, 6) is -3.07. The Balaban J connectivity index is 2.32. The molecule has 0 spiro atoms. The smallest absolute Gasteiger partial charge is 0.410 e. The molecule has 0 aliphatic carbocycles. The van der Waals surface area contributed by atoms with Gasteiger partial charge in [0.15, 0.2) is 0 Å². The van der Waals surface area contributed by atoms with E-state index in [2.05, 4.69) is 6.07 Å². The van der Waals surface area contributed by atoms with Crippen LogP contribution >= 0.6 is 0 Å². The lowest BCUT2D eigenvalue weighted by atomic mass is 9.64. The highest BCUT2D eigenvalue weighted by atomic mass is 19.1. The van der Waals surface area contributed by atoms with Crippen molar-refractivity contribution in [3.63, 3.8) is 0 Å². The van der Waals surface area contributed by atoms with Crippen LogP contribution in [0.1, 0.15) is 58.4 Å². The van der Waals surface area contributed by atoms with E-state index >= 15 is 0 Å². The molecule has 1 saturated heterocycles. The second-order valence-corrected chi connectivity index (χ2v) is 8.54. The average Bonchev–Trinajstić information content (AvgIpc) is 2.63. The second kappa shape index (κ2) is 9.41. The van der Waals surface area contributed by atoms with Crippen molar-refractivity contribution in [3.05, 3.63) is 35.4 Å². The van der Waals surface area contributed by atoms with Crippen LogP contribution in [-0.4, -0.2) is 42.3 Å². The lowest BCUT2D eigenvalue weighted by Crippen LogP contribution is -2.48. The van der Waals surface area contributed by atoms with Gasteiger partial charge in [0.25, 0.3) is 0 Å². The first-order valence-corrected chi connectivity index (χ1v) is 9.99. The van der Waals surface area contributed by atoms with Crippen molar-refractivity contribution >= 4 is 12.1 Å². The fourth-order valence-electron chi connectivity index (χ4n) is 3.80. The number of amides is 1. The molecule has 0 radical (unpaired) electrons. The summed E-state index contributed by atoms with van der Waals surface area (Å²) in [4.78, 5) is 26.2. The summed E-state index contributed by atoms with van der Waals surface area (Å²) in [5, 5.41) is 9.89. The zero-order chi connectivity index (χ0) is 22.5. The Labute approximate surface area is 175 Å². The largest absolute Gasteiger partial charge is 0.466 e. The van der Waals surface area contributed by atoms with Gasteiger partial charge in [-0.05, 0) is 46.6 Å². The molecule has 30 heavy (non-hydrogen) atoms. The van der Waals surface area contributed by atoms with Gasteiger partial charge in [-0.2, -0.15) is 5.26 Å². The number of carbonyl (C=O) groups is 2. The van der Waals surface area contributed by atoms with Crippen molar-refractivity contribution in [2.45, 2.75) is 58.5 Å². The Kier molecular flexibility index (Phi) is 7.40. The molecular formula is C22H28F2N2O4. The minimum Gasteiger partial charge on any atom is -0.466 e. The number of halogens is 2. The van der Waals surface area contributed by atoms with Gasteiger partial charge in [-0.15, -0.1) is 0 Å². The third-order valence-corrected chi connectivity index (χ3v) is 5.23. The number of esters is 1. The van der Waals surface area contributed by atoms with E-state index < -0.39 is 40.6 Å². The van der Waals surface area contributed by atoms with Crippen LogP contribution in [0.15, 0.2) is 18.2 Å². The van der Waals surface area contributed by atoms with E-state index in [4.69, 9.17) is 9.47 Å². The molecule has 0 bridgehead atoms. The van der Waals surface area contributed by atoms with Crippen LogP contribution in [-0.2, 0) is 14.3 Å². The summed E-state index contributed by atoms with van der Waals surface area (Å²) in [5.41, 5.74) is -1.56. The van der Waals surface area contributed by atoms with Crippen LogP contribution in [0.25, 0.3) is 0 Å². The predicted octanol–water partition coefficient (Wildman–Crippen LogP) is 4.54. The molecule has 164 valence electrons. The van der Waals surface area contributed by atoms with Gasteiger partial charge in [0.2, 0.25) is 0 Å². The van der Waals surface area contributed by atoms with Crippen molar-refractivity contribution in [3.8, 4) is 6.07 Å². The summed E-state index contributed by atoms with van der Waals surface area (Å²) in [6.07, 6.45) is -0.0215. The van der Waals surface area contributed by atoms with Crippen LogP contribution in [0.2, 0.25) is 0 Å². The summed E-state index contributed by atoms with van der Waals surface area (Å²) >= 11 is 0. The summed E-state index contributed by atoms with van der Waals surface area (Å²) < 4.78 is 38.4. The molecule has 1 amide bonds. The van der Waals surface area contributed by atoms with Gasteiger partial charge in [0, 0.05) is 30.1 Å². The minimum atomic E-state index is -0.997. The van der Waals surface area contributed by atoms with E-state index in [1.54, 1.807) is 27.7 Å². The van der Waals surface area contributed by atoms with E-state index in [0.29, 0.717) is 0 Å². The number of benzene rings is 1. The number of nitriles is 1. The van der Waals surface area contributed by atoms with E-state index in [9.17, 15) is 23.6 Å². The lowest BCUT2D eigenvalue weighted by Gasteiger charge is -2.44. The fraction of sp³-hybridized carbons (Fsp3) is 0.591. The maximum atomic E-state index is 14.5. The number of ether oxygens (including phenoxy) is 2. The zero-order valence-corrected chi connectivity index (χ0v) is 17.8.